The van der Waals surface area contributed by atoms with Crippen LogP contribution < -0.4 is 0 Å². The lowest BCUT2D eigenvalue weighted by Gasteiger charge is -2.24. The summed E-state index contributed by atoms with van der Waals surface area (Å²) >= 11 is 0. The molecule has 1 saturated heterocycles. The summed E-state index contributed by atoms with van der Waals surface area (Å²) in [5.74, 6) is 0.842. The van der Waals surface area contributed by atoms with Crippen LogP contribution in [-0.4, -0.2) is 38.0 Å². The van der Waals surface area contributed by atoms with Crippen molar-refractivity contribution < 1.29 is 19.0 Å². The van der Waals surface area contributed by atoms with Crippen LogP contribution in [0, 0.1) is 5.92 Å². The molecule has 4 heteroatoms. The number of rotatable bonds is 13. The molecule has 22 heavy (non-hydrogen) atoms. The van der Waals surface area contributed by atoms with Crippen LogP contribution in [0.2, 0.25) is 0 Å². The topological polar surface area (TPSA) is 48.1 Å². The Kier molecular flexibility index (Phi) is 7.67. The smallest absolute Gasteiger partial charge is 0.340 e. The van der Waals surface area contributed by atoms with Crippen LogP contribution in [0.1, 0.15) is 71.1 Å². The molecule has 128 valence electrons. The zero-order valence-corrected chi connectivity index (χ0v) is 14.1. The van der Waals surface area contributed by atoms with E-state index < -0.39 is 5.60 Å². The molecule has 0 spiro atoms. The molecule has 0 aromatic carbocycles. The Hall–Kier alpha value is -0.610. The molecule has 1 atom stereocenters. The molecule has 1 unspecified atom stereocenters. The average molecular weight is 312 g/mol. The van der Waals surface area contributed by atoms with Crippen LogP contribution >= 0.6 is 0 Å². The molecule has 2 rings (SSSR count). The lowest BCUT2D eigenvalue weighted by molar-refractivity contribution is -0.149. The largest absolute Gasteiger partial charge is 0.464 e. The highest BCUT2D eigenvalue weighted by atomic mass is 16.6. The van der Waals surface area contributed by atoms with Crippen molar-refractivity contribution >= 4 is 5.97 Å². The number of esters is 1. The summed E-state index contributed by atoms with van der Waals surface area (Å²) in [4.78, 5) is 11.7. The van der Waals surface area contributed by atoms with E-state index in [0.717, 1.165) is 44.8 Å². The van der Waals surface area contributed by atoms with E-state index in [2.05, 4.69) is 0 Å². The minimum absolute atomic E-state index is 0.183. The van der Waals surface area contributed by atoms with Crippen LogP contribution in [0.15, 0.2) is 0 Å². The van der Waals surface area contributed by atoms with Crippen molar-refractivity contribution in [2.45, 2.75) is 76.7 Å². The standard InChI is InChI=1S/C18H32O4/c1-2-21-17(19)18(15-22-18)12-5-3-6-13-20-14-7-4-9-16-10-8-11-16/h16H,2-15H2,1H3. The van der Waals surface area contributed by atoms with E-state index in [1.807, 2.05) is 6.92 Å². The number of ether oxygens (including phenoxy) is 3. The predicted molar refractivity (Wildman–Crippen MR) is 85.8 cm³/mol. The summed E-state index contributed by atoms with van der Waals surface area (Å²) in [6.45, 7) is 4.54. The van der Waals surface area contributed by atoms with Gasteiger partial charge < -0.3 is 14.2 Å². The van der Waals surface area contributed by atoms with E-state index in [9.17, 15) is 4.79 Å². The second kappa shape index (κ2) is 9.51. The molecule has 1 saturated carbocycles. The minimum Gasteiger partial charge on any atom is -0.464 e. The Balaban J connectivity index is 1.34. The number of hydrogen-bond donors (Lipinski definition) is 0. The number of epoxide rings is 1. The van der Waals surface area contributed by atoms with Gasteiger partial charge in [-0.1, -0.05) is 38.5 Å². The summed E-state index contributed by atoms with van der Waals surface area (Å²) in [6, 6.07) is 0. The van der Waals surface area contributed by atoms with Gasteiger partial charge in [0.1, 0.15) is 0 Å². The average Bonchev–Trinajstić information content (AvgIpc) is 3.24. The molecule has 0 amide bonds. The first-order valence-electron chi connectivity index (χ1n) is 9.16. The molecule has 0 radical (unpaired) electrons. The van der Waals surface area contributed by atoms with E-state index in [4.69, 9.17) is 14.2 Å². The van der Waals surface area contributed by atoms with Gasteiger partial charge in [-0.3, -0.25) is 0 Å². The first-order valence-corrected chi connectivity index (χ1v) is 9.16. The van der Waals surface area contributed by atoms with Gasteiger partial charge in [0.05, 0.1) is 13.2 Å². The number of unbranched alkanes of at least 4 members (excludes halogenated alkanes) is 3. The van der Waals surface area contributed by atoms with Gasteiger partial charge in [0.25, 0.3) is 0 Å². The number of carbonyl (C=O) groups is 1. The lowest BCUT2D eigenvalue weighted by Crippen LogP contribution is -2.27. The van der Waals surface area contributed by atoms with Gasteiger partial charge in [-0.2, -0.15) is 0 Å². The highest BCUT2D eigenvalue weighted by Crippen LogP contribution is 2.34. The predicted octanol–water partition coefficient (Wildman–Crippen LogP) is 3.87. The maximum Gasteiger partial charge on any atom is 0.340 e. The third kappa shape index (κ3) is 5.88. The lowest BCUT2D eigenvalue weighted by atomic mass is 9.82. The van der Waals surface area contributed by atoms with Gasteiger partial charge in [0, 0.05) is 13.2 Å². The SMILES string of the molecule is CCOC(=O)C1(CCCCCOCCCCC2CCC2)CO1. The zero-order chi connectivity index (χ0) is 15.7. The minimum atomic E-state index is -0.599. The maximum atomic E-state index is 11.7. The van der Waals surface area contributed by atoms with Crippen LogP contribution in [-0.2, 0) is 19.0 Å². The second-order valence-electron chi connectivity index (χ2n) is 6.72. The van der Waals surface area contributed by atoms with Crippen molar-refractivity contribution in [3.8, 4) is 0 Å². The molecular formula is C18H32O4. The molecule has 2 fully saturated rings. The van der Waals surface area contributed by atoms with Crippen molar-refractivity contribution in [3.05, 3.63) is 0 Å². The molecular weight excluding hydrogens is 280 g/mol. The highest BCUT2D eigenvalue weighted by molar-refractivity contribution is 5.82. The molecule has 2 aliphatic rings. The zero-order valence-electron chi connectivity index (χ0n) is 14.1. The Morgan fingerprint density at radius 3 is 2.45 bits per heavy atom. The van der Waals surface area contributed by atoms with E-state index in [-0.39, 0.29) is 5.97 Å². The van der Waals surface area contributed by atoms with Gasteiger partial charge in [-0.05, 0) is 38.5 Å². The fourth-order valence-corrected chi connectivity index (χ4v) is 3.03. The Morgan fingerprint density at radius 1 is 1.14 bits per heavy atom. The van der Waals surface area contributed by atoms with Crippen molar-refractivity contribution in [1.82, 2.24) is 0 Å². The first kappa shape index (κ1) is 17.7. The van der Waals surface area contributed by atoms with E-state index >= 15 is 0 Å². The van der Waals surface area contributed by atoms with Crippen molar-refractivity contribution in [1.29, 1.82) is 0 Å². The van der Waals surface area contributed by atoms with E-state index in [1.165, 1.54) is 38.5 Å². The Morgan fingerprint density at radius 2 is 1.86 bits per heavy atom. The van der Waals surface area contributed by atoms with Gasteiger partial charge >= 0.3 is 5.97 Å². The molecule has 0 aromatic heterocycles. The molecule has 0 bridgehead atoms. The summed E-state index contributed by atoms with van der Waals surface area (Å²) in [5, 5.41) is 0. The van der Waals surface area contributed by atoms with Crippen LogP contribution in [0.4, 0.5) is 0 Å². The van der Waals surface area contributed by atoms with Gasteiger partial charge in [0.15, 0.2) is 5.60 Å². The maximum absolute atomic E-state index is 11.7. The Labute approximate surface area is 134 Å². The molecule has 0 N–H and O–H groups in total. The van der Waals surface area contributed by atoms with Gasteiger partial charge in [-0.25, -0.2) is 4.79 Å². The van der Waals surface area contributed by atoms with E-state index in [1.54, 1.807) is 0 Å². The fourth-order valence-electron chi connectivity index (χ4n) is 3.03. The van der Waals surface area contributed by atoms with Crippen LogP contribution in [0.3, 0.4) is 0 Å². The fraction of sp³-hybridized carbons (Fsp3) is 0.944. The second-order valence-corrected chi connectivity index (χ2v) is 6.72. The summed E-state index contributed by atoms with van der Waals surface area (Å²) in [5.41, 5.74) is -0.599. The van der Waals surface area contributed by atoms with Gasteiger partial charge in [0.2, 0.25) is 0 Å². The summed E-state index contributed by atoms with van der Waals surface area (Å²) in [7, 11) is 0. The summed E-state index contributed by atoms with van der Waals surface area (Å²) in [6.07, 6.45) is 12.2. The Bertz CT molecular complexity index is 321. The highest BCUT2D eigenvalue weighted by Gasteiger charge is 2.52. The third-order valence-electron chi connectivity index (χ3n) is 4.89. The molecule has 0 aromatic rings. The molecule has 1 heterocycles. The first-order chi connectivity index (χ1) is 10.8. The van der Waals surface area contributed by atoms with Crippen molar-refractivity contribution in [3.63, 3.8) is 0 Å². The van der Waals surface area contributed by atoms with E-state index in [0.29, 0.717) is 13.2 Å². The van der Waals surface area contributed by atoms with Gasteiger partial charge in [-0.15, -0.1) is 0 Å². The summed E-state index contributed by atoms with van der Waals surface area (Å²) < 4.78 is 16.0. The number of hydrogen-bond acceptors (Lipinski definition) is 4. The van der Waals surface area contributed by atoms with Crippen molar-refractivity contribution in [2.24, 2.45) is 5.92 Å². The number of carbonyl (C=O) groups excluding carboxylic acids is 1. The van der Waals surface area contributed by atoms with Crippen molar-refractivity contribution in [2.75, 3.05) is 26.4 Å². The normalized spacial score (nSPS) is 24.0. The third-order valence-corrected chi connectivity index (χ3v) is 4.89. The molecule has 1 aliphatic heterocycles. The van der Waals surface area contributed by atoms with Crippen LogP contribution in [0.5, 0.6) is 0 Å². The van der Waals surface area contributed by atoms with Crippen LogP contribution in [0.25, 0.3) is 0 Å². The molecule has 1 aliphatic carbocycles. The monoisotopic (exact) mass is 312 g/mol. The molecule has 4 nitrogen and oxygen atoms in total. The quantitative estimate of drug-likeness (QED) is 0.294.